The van der Waals surface area contributed by atoms with Gasteiger partial charge in [-0.25, -0.2) is 0 Å². The molecule has 0 saturated heterocycles. The third-order valence-electron chi connectivity index (χ3n) is 3.45. The first kappa shape index (κ1) is 18.3. The number of anilines is 1. The maximum Gasteiger partial charge on any atom is 0.296 e. The summed E-state index contributed by atoms with van der Waals surface area (Å²) >= 11 is 1.12. The molecule has 138 valence electrons. The maximum absolute atomic E-state index is 12.2. The number of ether oxygens (including phenoxy) is 1. The number of carbonyl (C=O) groups is 1. The van der Waals surface area contributed by atoms with E-state index in [1.807, 2.05) is 30.3 Å². The summed E-state index contributed by atoms with van der Waals surface area (Å²) in [5, 5.41) is 25.6. The summed E-state index contributed by atoms with van der Waals surface area (Å²) in [4.78, 5) is 22.8. The first-order valence-electron chi connectivity index (χ1n) is 7.67. The molecule has 0 saturated carbocycles. The normalized spacial score (nSPS) is 10.4. The molecule has 2 aromatic carbocycles. The summed E-state index contributed by atoms with van der Waals surface area (Å²) in [7, 11) is 1.41. The number of nitrogens with one attached hydrogen (secondary N) is 1. The van der Waals surface area contributed by atoms with Crippen molar-refractivity contribution in [3.05, 3.63) is 58.6 Å². The van der Waals surface area contributed by atoms with E-state index in [0.717, 1.165) is 17.4 Å². The summed E-state index contributed by atoms with van der Waals surface area (Å²) in [6.07, 6.45) is 0. The molecule has 0 aliphatic rings. The highest BCUT2D eigenvalue weighted by Gasteiger charge is 2.18. The zero-order valence-electron chi connectivity index (χ0n) is 14.1. The van der Waals surface area contributed by atoms with Crippen molar-refractivity contribution in [3.63, 3.8) is 0 Å². The minimum Gasteiger partial charge on any atom is -0.496 e. The molecule has 1 heterocycles. The van der Waals surface area contributed by atoms with Crippen molar-refractivity contribution in [1.82, 2.24) is 20.2 Å². The second-order valence-electron chi connectivity index (χ2n) is 5.19. The van der Waals surface area contributed by atoms with Gasteiger partial charge in [0.05, 0.1) is 29.5 Å². The number of hydrogen-bond acceptors (Lipinski definition) is 8. The Morgan fingerprint density at radius 1 is 1.30 bits per heavy atom. The molecule has 1 N–H and O–H groups in total. The van der Waals surface area contributed by atoms with Crippen LogP contribution < -0.4 is 10.1 Å². The van der Waals surface area contributed by atoms with Crippen LogP contribution >= 0.6 is 11.8 Å². The number of tetrazole rings is 1. The lowest BCUT2D eigenvalue weighted by Crippen LogP contribution is -2.15. The maximum atomic E-state index is 12.2. The number of carbonyl (C=O) groups excluding carboxylic acids is 1. The smallest absolute Gasteiger partial charge is 0.296 e. The number of nitrogens with zero attached hydrogens (tertiary/aromatic N) is 5. The number of methoxy groups -OCH3 is 1. The van der Waals surface area contributed by atoms with Gasteiger partial charge in [0.1, 0.15) is 11.4 Å². The Bertz CT molecular complexity index is 963. The van der Waals surface area contributed by atoms with Gasteiger partial charge in [-0.3, -0.25) is 14.9 Å². The van der Waals surface area contributed by atoms with Crippen LogP contribution in [-0.2, 0) is 4.79 Å². The van der Waals surface area contributed by atoms with E-state index in [4.69, 9.17) is 4.74 Å². The largest absolute Gasteiger partial charge is 0.496 e. The van der Waals surface area contributed by atoms with E-state index in [1.165, 1.54) is 30.0 Å². The molecule has 0 atom stereocenters. The van der Waals surface area contributed by atoms with Crippen LogP contribution in [-0.4, -0.2) is 43.9 Å². The van der Waals surface area contributed by atoms with Gasteiger partial charge in [-0.1, -0.05) is 30.0 Å². The summed E-state index contributed by atoms with van der Waals surface area (Å²) in [5.41, 5.74) is 0.604. The van der Waals surface area contributed by atoms with Crippen LogP contribution in [0.2, 0.25) is 0 Å². The number of para-hydroxylation sites is 1. The predicted octanol–water partition coefficient (Wildman–Crippen LogP) is 2.31. The Morgan fingerprint density at radius 3 is 2.78 bits per heavy atom. The van der Waals surface area contributed by atoms with E-state index in [-0.39, 0.29) is 17.1 Å². The highest BCUT2D eigenvalue weighted by molar-refractivity contribution is 7.99. The van der Waals surface area contributed by atoms with Crippen LogP contribution in [0.25, 0.3) is 5.69 Å². The lowest BCUT2D eigenvalue weighted by molar-refractivity contribution is -0.384. The Morgan fingerprint density at radius 2 is 2.07 bits per heavy atom. The van der Waals surface area contributed by atoms with Crippen LogP contribution in [0.5, 0.6) is 5.75 Å². The zero-order chi connectivity index (χ0) is 19.2. The first-order chi connectivity index (χ1) is 13.1. The summed E-state index contributed by atoms with van der Waals surface area (Å²) in [5.74, 6) is -0.108. The van der Waals surface area contributed by atoms with Crippen LogP contribution in [0.15, 0.2) is 53.7 Å². The quantitative estimate of drug-likeness (QED) is 0.372. The average molecular weight is 386 g/mol. The molecule has 0 spiro atoms. The Hall–Kier alpha value is -3.47. The number of thioether (sulfide) groups is 1. The molecule has 0 radical (unpaired) electrons. The Kier molecular flexibility index (Phi) is 5.61. The molecular formula is C16H14N6O4S. The third-order valence-corrected chi connectivity index (χ3v) is 4.37. The molecule has 3 rings (SSSR count). The first-order valence-corrected chi connectivity index (χ1v) is 8.66. The van der Waals surface area contributed by atoms with Crippen molar-refractivity contribution < 1.29 is 14.5 Å². The molecule has 0 bridgehead atoms. The molecule has 0 aliphatic carbocycles. The fourth-order valence-electron chi connectivity index (χ4n) is 2.21. The predicted molar refractivity (Wildman–Crippen MR) is 98.2 cm³/mol. The van der Waals surface area contributed by atoms with Gasteiger partial charge in [0.25, 0.3) is 5.69 Å². The second-order valence-corrected chi connectivity index (χ2v) is 6.13. The van der Waals surface area contributed by atoms with E-state index < -0.39 is 10.8 Å². The standard InChI is InChI=1S/C16H14N6O4S/c1-26-12-7-8-13(14(9-12)22(24)25)17-15(23)10-27-16-18-19-20-21(16)11-5-3-2-4-6-11/h2-9H,10H2,1H3,(H,17,23). The van der Waals surface area contributed by atoms with Crippen LogP contribution in [0, 0.1) is 10.1 Å². The van der Waals surface area contributed by atoms with Gasteiger partial charge in [-0.05, 0) is 34.7 Å². The molecule has 0 fully saturated rings. The van der Waals surface area contributed by atoms with Crippen molar-refractivity contribution in [2.45, 2.75) is 5.16 Å². The summed E-state index contributed by atoms with van der Waals surface area (Å²) in [6, 6.07) is 13.4. The van der Waals surface area contributed by atoms with Crippen LogP contribution in [0.3, 0.4) is 0 Å². The van der Waals surface area contributed by atoms with Gasteiger partial charge in [0.15, 0.2) is 0 Å². The van der Waals surface area contributed by atoms with E-state index >= 15 is 0 Å². The van der Waals surface area contributed by atoms with Gasteiger partial charge in [0.2, 0.25) is 11.1 Å². The summed E-state index contributed by atoms with van der Waals surface area (Å²) < 4.78 is 6.48. The highest BCUT2D eigenvalue weighted by atomic mass is 32.2. The van der Waals surface area contributed by atoms with Crippen molar-refractivity contribution >= 4 is 29.0 Å². The number of nitro benzene ring substituents is 1. The number of amides is 1. The van der Waals surface area contributed by atoms with Gasteiger partial charge in [-0.2, -0.15) is 4.68 Å². The van der Waals surface area contributed by atoms with Gasteiger partial charge < -0.3 is 10.1 Å². The lowest BCUT2D eigenvalue weighted by Gasteiger charge is -2.07. The van der Waals surface area contributed by atoms with E-state index in [1.54, 1.807) is 0 Å². The second kappa shape index (κ2) is 8.27. The van der Waals surface area contributed by atoms with Crippen LogP contribution in [0.4, 0.5) is 11.4 Å². The topological polar surface area (TPSA) is 125 Å². The molecule has 11 heteroatoms. The van der Waals surface area contributed by atoms with E-state index in [2.05, 4.69) is 20.8 Å². The Labute approximate surface area is 157 Å². The van der Waals surface area contributed by atoms with E-state index in [9.17, 15) is 14.9 Å². The molecule has 27 heavy (non-hydrogen) atoms. The van der Waals surface area contributed by atoms with Crippen molar-refractivity contribution in [1.29, 1.82) is 0 Å². The highest BCUT2D eigenvalue weighted by Crippen LogP contribution is 2.29. The number of hydrogen-bond donors (Lipinski definition) is 1. The van der Waals surface area contributed by atoms with Gasteiger partial charge in [0, 0.05) is 0 Å². The van der Waals surface area contributed by atoms with Crippen LogP contribution in [0.1, 0.15) is 0 Å². The average Bonchev–Trinajstić information content (AvgIpc) is 3.16. The molecule has 0 aliphatic heterocycles. The molecule has 10 nitrogen and oxygen atoms in total. The van der Waals surface area contributed by atoms with Crippen molar-refractivity contribution in [3.8, 4) is 11.4 Å². The molecule has 0 unspecified atom stereocenters. The molecule has 1 amide bonds. The fourth-order valence-corrected chi connectivity index (χ4v) is 2.90. The minimum absolute atomic E-state index is 0.0175. The van der Waals surface area contributed by atoms with Gasteiger partial charge in [-0.15, -0.1) is 5.10 Å². The van der Waals surface area contributed by atoms with Gasteiger partial charge >= 0.3 is 0 Å². The fraction of sp³-hybridized carbons (Fsp3) is 0.125. The zero-order valence-corrected chi connectivity index (χ0v) is 14.9. The van der Waals surface area contributed by atoms with E-state index in [0.29, 0.717) is 10.9 Å². The molecular weight excluding hydrogens is 372 g/mol. The number of benzene rings is 2. The van der Waals surface area contributed by atoms with Crippen molar-refractivity contribution in [2.24, 2.45) is 0 Å². The number of aromatic nitrogens is 4. The SMILES string of the molecule is COc1ccc(NC(=O)CSc2nnnn2-c2ccccc2)c([N+](=O)[O-])c1. The van der Waals surface area contributed by atoms with Crippen molar-refractivity contribution in [2.75, 3.05) is 18.2 Å². The molecule has 3 aromatic rings. The molecule has 1 aromatic heterocycles. The minimum atomic E-state index is -0.582. The number of rotatable bonds is 7. The summed E-state index contributed by atoms with van der Waals surface area (Å²) in [6.45, 7) is 0. The number of nitro groups is 1. The lowest BCUT2D eigenvalue weighted by atomic mass is 10.2. The Balaban J connectivity index is 1.68. The third kappa shape index (κ3) is 4.39. The monoisotopic (exact) mass is 386 g/mol.